The van der Waals surface area contributed by atoms with E-state index in [-0.39, 0.29) is 11.8 Å². The monoisotopic (exact) mass is 1240 g/mol. The second kappa shape index (κ2) is 32.8. The molecule has 0 saturated carbocycles. The van der Waals surface area contributed by atoms with Gasteiger partial charge >= 0.3 is 44.0 Å². The standard InChI is InChI=1S/C37H86NO16Si6.Rf/c1-38(37(39)36(24-19-31-56(40-2,41-3)42-4)25-20-32-57(43-5,44-6)45-7)26-17-18-27-55(28-21-33-58(46-8,47-9)48-10,29-22-34-59(49-11,50-12)51-13)30-23-35-60(52-14,53-15)54-16;/h36H,1,17-35H2,2-16H3;/q-1;. The van der Waals surface area contributed by atoms with Crippen molar-refractivity contribution in [2.75, 3.05) is 113 Å². The molecule has 0 fully saturated rings. The van der Waals surface area contributed by atoms with E-state index in [1.54, 1.807) is 112 Å². The van der Waals surface area contributed by atoms with E-state index in [4.69, 9.17) is 66.4 Å². The maximum absolute atomic E-state index is 14.1. The number of carbonyl (C=O) groups excluding carboxylic acids is 1. The van der Waals surface area contributed by atoms with Crippen molar-refractivity contribution in [3.8, 4) is 0 Å². The molecule has 0 atom stereocenters. The normalized spacial score (nSPS) is 13.3. The van der Waals surface area contributed by atoms with Crippen molar-refractivity contribution in [2.45, 2.75) is 112 Å². The van der Waals surface area contributed by atoms with Gasteiger partial charge in [-0.25, -0.2) is 0 Å². The van der Waals surface area contributed by atoms with Crippen LogP contribution in [-0.4, -0.2) is 176 Å². The van der Waals surface area contributed by atoms with Crippen molar-refractivity contribution >= 4 is 58.0 Å². The number of carbonyl (C=O) groups is 1. The number of nitrogens with zero attached hydrogens (tertiary/aromatic N) is 1. The fourth-order valence-electron chi connectivity index (χ4n) is 8.26. The van der Waals surface area contributed by atoms with Gasteiger partial charge in [0.05, 0.1) is 8.07 Å². The van der Waals surface area contributed by atoms with Crippen LogP contribution in [0.4, 0.5) is 0 Å². The summed E-state index contributed by atoms with van der Waals surface area (Å²) in [7, 11) is 12.9. The van der Waals surface area contributed by atoms with Crippen molar-refractivity contribution in [3.63, 3.8) is 0 Å². The predicted molar refractivity (Wildman–Crippen MR) is 245 cm³/mol. The summed E-state index contributed by atoms with van der Waals surface area (Å²) in [6.07, 6.45) is 7.22. The zero-order chi connectivity index (χ0) is 45.8. The van der Waals surface area contributed by atoms with E-state index in [0.29, 0.717) is 44.3 Å². The SMILES string of the molecule is [CH2-]N(CCCC[Si](CCC[Si](OC)(OC)OC)(CCC[Si](OC)(OC)OC)CCC[Si](OC)(OC)OC)C(=O)C(CCC[Si](OC)(OC)OC)CCC[Si](OC)(OC)OC.[Rf]. The van der Waals surface area contributed by atoms with Crippen LogP contribution >= 0.6 is 0 Å². The molecule has 0 bridgehead atoms. The molecule has 0 spiro atoms. The molecule has 0 unspecified atom stereocenters. The number of hydrogen-bond donors (Lipinski definition) is 0. The van der Waals surface area contributed by atoms with Gasteiger partial charge in [0, 0.05) is 143 Å². The van der Waals surface area contributed by atoms with Crippen molar-refractivity contribution in [2.24, 2.45) is 5.92 Å². The van der Waals surface area contributed by atoms with E-state index < -0.39 is 52.1 Å². The first kappa shape index (κ1) is 62.3. The van der Waals surface area contributed by atoms with Gasteiger partial charge in [-0.05, 0) is 38.6 Å². The third-order valence-corrected chi connectivity index (χ3v) is 32.2. The number of rotatable bonds is 41. The second-order valence-corrected chi connectivity index (χ2v) is 35.5. The van der Waals surface area contributed by atoms with E-state index in [9.17, 15) is 4.79 Å². The molecule has 0 aromatic rings. The Kier molecular flexibility index (Phi) is 33.4. The Morgan fingerprint density at radius 3 is 0.852 bits per heavy atom. The average molecular weight is 1240 g/mol. The van der Waals surface area contributed by atoms with Crippen LogP contribution in [0.15, 0.2) is 0 Å². The number of hydrogen-bond acceptors (Lipinski definition) is 16. The Morgan fingerprint density at radius 2 is 0.607 bits per heavy atom. The Hall–Kier alpha value is -0.829. The molecule has 0 aliphatic rings. The quantitative estimate of drug-likeness (QED) is 0.0367. The fourth-order valence-corrected chi connectivity index (χ4v) is 23.3. The zero-order valence-electron chi connectivity index (χ0n) is 40.9. The molecular formula is C37H86NO16RfSi6-. The molecule has 0 aromatic heterocycles. The minimum Gasteiger partial charge on any atom is -0.495 e. The second-order valence-electron chi connectivity index (χ2n) is 15.1. The molecular weight excluding hydrogens is 1150 g/mol. The maximum Gasteiger partial charge on any atom is 0.500 e. The zero-order valence-corrected chi connectivity index (χ0v) is 53.3. The number of unbranched alkanes of at least 4 members (excludes halogenated alkanes) is 1. The van der Waals surface area contributed by atoms with Crippen LogP contribution in [0.3, 0.4) is 0 Å². The molecule has 17 nitrogen and oxygen atoms in total. The van der Waals surface area contributed by atoms with E-state index in [1.807, 2.05) is 0 Å². The van der Waals surface area contributed by atoms with E-state index in [2.05, 4.69) is 7.05 Å². The molecule has 0 aromatic carbocycles. The molecule has 0 heterocycles. The van der Waals surface area contributed by atoms with Crippen LogP contribution in [0, 0.1) is 13.0 Å². The average Bonchev–Trinajstić information content (AvgIpc) is 3.29. The van der Waals surface area contributed by atoms with E-state index in [0.717, 1.165) is 74.4 Å². The van der Waals surface area contributed by atoms with E-state index >= 15 is 0 Å². The minimum absolute atomic E-state index is 0. The van der Waals surface area contributed by atoms with Gasteiger partial charge in [-0.3, -0.25) is 11.8 Å². The summed E-state index contributed by atoms with van der Waals surface area (Å²) >= 11 is 0. The van der Waals surface area contributed by atoms with E-state index in [1.165, 1.54) is 0 Å². The molecule has 1 amide bonds. The molecule has 362 valence electrons. The maximum atomic E-state index is 14.1. The summed E-state index contributed by atoms with van der Waals surface area (Å²) in [5.74, 6) is -0.228. The van der Waals surface area contributed by atoms with Crippen molar-refractivity contribution in [3.05, 3.63) is 7.05 Å². The van der Waals surface area contributed by atoms with Gasteiger partial charge < -0.3 is 71.3 Å². The minimum atomic E-state index is -2.80. The molecule has 0 aliphatic heterocycles. The van der Waals surface area contributed by atoms with Crippen LogP contribution in [-0.2, 0) is 71.2 Å². The molecule has 0 radical (unpaired) electrons. The first-order valence-electron chi connectivity index (χ1n) is 21.0. The van der Waals surface area contributed by atoms with Crippen molar-refractivity contribution in [1.29, 1.82) is 0 Å². The summed E-state index contributed by atoms with van der Waals surface area (Å²) in [4.78, 5) is 15.8. The summed E-state index contributed by atoms with van der Waals surface area (Å²) in [6, 6.07) is 7.60. The van der Waals surface area contributed by atoms with Gasteiger partial charge in [0.25, 0.3) is 0 Å². The van der Waals surface area contributed by atoms with Crippen molar-refractivity contribution in [1.82, 2.24) is 4.90 Å². The third-order valence-electron chi connectivity index (χ3n) is 12.4. The van der Waals surface area contributed by atoms with Gasteiger partial charge in [-0.1, -0.05) is 49.9 Å². The van der Waals surface area contributed by atoms with Crippen LogP contribution in [0.25, 0.3) is 0 Å². The Labute approximate surface area is 371 Å². The molecule has 24 heteroatoms. The number of amides is 1. The molecule has 0 aliphatic carbocycles. The summed E-state index contributed by atoms with van der Waals surface area (Å²) in [6.45, 7) is 0.548. The molecule has 0 saturated heterocycles. The molecule has 0 N–H and O–H groups in total. The van der Waals surface area contributed by atoms with Crippen molar-refractivity contribution < 1.29 is 71.2 Å². The van der Waals surface area contributed by atoms with Gasteiger partial charge in [0.15, 0.2) is 5.91 Å². The van der Waals surface area contributed by atoms with Crippen LogP contribution in [0.1, 0.15) is 57.8 Å². The topological polar surface area (TPSA) is 159 Å². The van der Waals surface area contributed by atoms with Gasteiger partial charge in [0.2, 0.25) is 0 Å². The fraction of sp³-hybridized carbons (Fsp3) is 0.946. The smallest absolute Gasteiger partial charge is 0.495 e. The van der Waals surface area contributed by atoms with Crippen LogP contribution < -0.4 is 0 Å². The van der Waals surface area contributed by atoms with Gasteiger partial charge in [-0.15, -0.1) is 0 Å². The Balaban J connectivity index is 0. The van der Waals surface area contributed by atoms with Gasteiger partial charge in [0.1, 0.15) is 0 Å². The van der Waals surface area contributed by atoms with Crippen LogP contribution in [0.2, 0.25) is 54.4 Å². The third kappa shape index (κ3) is 20.1. The molecule has 0 rings (SSSR count). The first-order valence-corrected chi connectivity index (χ1v) is 33.5. The predicted octanol–water partition coefficient (Wildman–Crippen LogP) is 6.57. The molecule has 61 heavy (non-hydrogen) atoms. The van der Waals surface area contributed by atoms with Gasteiger partial charge in [-0.2, -0.15) is 0 Å². The van der Waals surface area contributed by atoms with Crippen LogP contribution in [0.5, 0.6) is 0 Å². The summed E-state index contributed by atoms with van der Waals surface area (Å²) in [5, 5.41) is 0. The Morgan fingerprint density at radius 1 is 0.377 bits per heavy atom. The summed E-state index contributed by atoms with van der Waals surface area (Å²) in [5.41, 5.74) is 0. The summed E-state index contributed by atoms with van der Waals surface area (Å²) < 4.78 is 86.3. The largest absolute Gasteiger partial charge is 0.500 e. The first-order chi connectivity index (χ1) is 28.6. The Bertz CT molecular complexity index is 964.